The number of methoxy groups -OCH3 is 1. The minimum atomic E-state index is -3.23. The Morgan fingerprint density at radius 3 is 2.65 bits per heavy atom. The minimum absolute atomic E-state index is 0.218. The van der Waals surface area contributed by atoms with Crippen LogP contribution in [-0.2, 0) is 9.84 Å². The van der Waals surface area contributed by atoms with E-state index >= 15 is 0 Å². The molecule has 0 radical (unpaired) electrons. The van der Waals surface area contributed by atoms with Gasteiger partial charge in [-0.15, -0.1) is 0 Å². The van der Waals surface area contributed by atoms with Crippen molar-refractivity contribution < 1.29 is 13.2 Å². The van der Waals surface area contributed by atoms with E-state index in [4.69, 9.17) is 4.74 Å². The normalized spacial score (nSPS) is 19.9. The van der Waals surface area contributed by atoms with Crippen molar-refractivity contribution in [3.63, 3.8) is 0 Å². The lowest BCUT2D eigenvalue weighted by molar-refractivity contribution is 0.403. The van der Waals surface area contributed by atoms with Crippen molar-refractivity contribution in [3.8, 4) is 5.75 Å². The molecular formula is C15H23NO3S. The molecule has 1 aliphatic rings. The lowest BCUT2D eigenvalue weighted by Gasteiger charge is -2.23. The van der Waals surface area contributed by atoms with Crippen molar-refractivity contribution in [2.24, 2.45) is 5.92 Å². The monoisotopic (exact) mass is 297 g/mol. The van der Waals surface area contributed by atoms with Crippen LogP contribution in [0.25, 0.3) is 0 Å². The fourth-order valence-electron chi connectivity index (χ4n) is 2.78. The quantitative estimate of drug-likeness (QED) is 0.924. The second-order valence-corrected chi connectivity index (χ2v) is 7.58. The molecule has 112 valence electrons. The average molecular weight is 297 g/mol. The molecule has 0 aliphatic carbocycles. The van der Waals surface area contributed by atoms with Crippen LogP contribution in [-0.4, -0.2) is 34.4 Å². The van der Waals surface area contributed by atoms with Crippen LogP contribution < -0.4 is 10.1 Å². The fourth-order valence-corrected chi connectivity index (χ4v) is 4.78. The van der Waals surface area contributed by atoms with E-state index in [1.54, 1.807) is 19.2 Å². The van der Waals surface area contributed by atoms with Gasteiger partial charge in [-0.1, -0.05) is 0 Å². The molecule has 1 unspecified atom stereocenters. The van der Waals surface area contributed by atoms with Gasteiger partial charge in [0.15, 0.2) is 9.84 Å². The van der Waals surface area contributed by atoms with Gasteiger partial charge in [-0.05, 0) is 69.0 Å². The number of rotatable bonds is 4. The third kappa shape index (κ3) is 3.33. The van der Waals surface area contributed by atoms with Crippen molar-refractivity contribution in [3.05, 3.63) is 23.3 Å². The van der Waals surface area contributed by atoms with E-state index in [0.29, 0.717) is 4.90 Å². The van der Waals surface area contributed by atoms with Crippen molar-refractivity contribution in [1.29, 1.82) is 0 Å². The summed E-state index contributed by atoms with van der Waals surface area (Å²) in [6, 6.07) is 3.54. The van der Waals surface area contributed by atoms with Crippen LogP contribution in [0.2, 0.25) is 0 Å². The number of aryl methyl sites for hydroxylation is 2. The second-order valence-electron chi connectivity index (χ2n) is 5.58. The molecule has 4 nitrogen and oxygen atoms in total. The molecule has 0 spiro atoms. The van der Waals surface area contributed by atoms with Crippen molar-refractivity contribution in [1.82, 2.24) is 5.32 Å². The maximum atomic E-state index is 12.6. The van der Waals surface area contributed by atoms with Crippen molar-refractivity contribution in [2.45, 2.75) is 31.6 Å². The third-order valence-electron chi connectivity index (χ3n) is 3.88. The molecule has 1 aromatic rings. The maximum absolute atomic E-state index is 12.6. The summed E-state index contributed by atoms with van der Waals surface area (Å²) >= 11 is 0. The number of hydrogen-bond acceptors (Lipinski definition) is 4. The largest absolute Gasteiger partial charge is 0.496 e. The number of ether oxygens (including phenoxy) is 1. The summed E-state index contributed by atoms with van der Waals surface area (Å²) in [7, 11) is -1.63. The Bertz CT molecular complexity index is 575. The molecule has 1 saturated heterocycles. The van der Waals surface area contributed by atoms with Gasteiger partial charge in [0.2, 0.25) is 0 Å². The molecule has 1 aromatic carbocycles. The fraction of sp³-hybridized carbons (Fsp3) is 0.600. The van der Waals surface area contributed by atoms with Gasteiger partial charge in [0.25, 0.3) is 0 Å². The Kier molecular flexibility index (Phi) is 4.70. The van der Waals surface area contributed by atoms with Crippen LogP contribution in [0.5, 0.6) is 5.75 Å². The minimum Gasteiger partial charge on any atom is -0.496 e. The standard InChI is InChI=1S/C15H23NO3S/c1-11-8-15(12(2)7-14(11)19-3)20(17,18)10-13-5-4-6-16-9-13/h7-8,13,16H,4-6,9-10H2,1-3H3. The summed E-state index contributed by atoms with van der Waals surface area (Å²) in [5, 5.41) is 3.27. The Morgan fingerprint density at radius 2 is 2.05 bits per heavy atom. The predicted molar refractivity (Wildman–Crippen MR) is 80.1 cm³/mol. The summed E-state index contributed by atoms with van der Waals surface area (Å²) < 4.78 is 30.4. The molecular weight excluding hydrogens is 274 g/mol. The molecule has 2 rings (SSSR count). The van der Waals surface area contributed by atoms with Crippen molar-refractivity contribution >= 4 is 9.84 Å². The molecule has 5 heteroatoms. The van der Waals surface area contributed by atoms with E-state index < -0.39 is 9.84 Å². The lowest BCUT2D eigenvalue weighted by atomic mass is 10.0. The van der Waals surface area contributed by atoms with E-state index in [0.717, 1.165) is 42.8 Å². The summed E-state index contributed by atoms with van der Waals surface area (Å²) in [5.41, 5.74) is 1.62. The van der Waals surface area contributed by atoms with Crippen LogP contribution >= 0.6 is 0 Å². The highest BCUT2D eigenvalue weighted by atomic mass is 32.2. The molecule has 1 atom stereocenters. The first kappa shape index (κ1) is 15.3. The molecule has 1 N–H and O–H groups in total. The number of benzene rings is 1. The zero-order valence-corrected chi connectivity index (χ0v) is 13.2. The van der Waals surface area contributed by atoms with Gasteiger partial charge in [0.05, 0.1) is 17.8 Å². The Balaban J connectivity index is 2.26. The maximum Gasteiger partial charge on any atom is 0.178 e. The predicted octanol–water partition coefficient (Wildman–Crippen LogP) is 2.09. The molecule has 0 amide bonds. The Labute approximate surface area is 121 Å². The topological polar surface area (TPSA) is 55.4 Å². The van der Waals surface area contributed by atoms with Gasteiger partial charge in [0, 0.05) is 0 Å². The first-order valence-corrected chi connectivity index (χ1v) is 8.68. The van der Waals surface area contributed by atoms with Gasteiger partial charge in [-0.25, -0.2) is 8.42 Å². The molecule has 0 aromatic heterocycles. The molecule has 0 saturated carbocycles. The van der Waals surface area contributed by atoms with Gasteiger partial charge < -0.3 is 10.1 Å². The van der Waals surface area contributed by atoms with Crippen LogP contribution in [0.4, 0.5) is 0 Å². The number of piperidine rings is 1. The molecule has 0 bridgehead atoms. The molecule has 1 aliphatic heterocycles. The van der Waals surface area contributed by atoms with Gasteiger partial charge in [-0.2, -0.15) is 0 Å². The summed E-state index contributed by atoms with van der Waals surface area (Å²) in [5.74, 6) is 1.18. The number of hydrogen-bond donors (Lipinski definition) is 1. The smallest absolute Gasteiger partial charge is 0.178 e. The van der Waals surface area contributed by atoms with Crippen LogP contribution in [0.1, 0.15) is 24.0 Å². The summed E-state index contributed by atoms with van der Waals surface area (Å²) in [4.78, 5) is 0.446. The first-order chi connectivity index (χ1) is 9.44. The van der Waals surface area contributed by atoms with E-state index in [2.05, 4.69) is 5.32 Å². The Hall–Kier alpha value is -1.07. The van der Waals surface area contributed by atoms with Crippen molar-refractivity contribution in [2.75, 3.05) is 26.0 Å². The van der Waals surface area contributed by atoms with Gasteiger partial charge >= 0.3 is 0 Å². The highest BCUT2D eigenvalue weighted by molar-refractivity contribution is 7.91. The lowest BCUT2D eigenvalue weighted by Crippen LogP contribution is -2.33. The van der Waals surface area contributed by atoms with E-state index in [1.807, 2.05) is 13.8 Å². The van der Waals surface area contributed by atoms with Gasteiger partial charge in [0.1, 0.15) is 5.75 Å². The van der Waals surface area contributed by atoms with Crippen LogP contribution in [0.3, 0.4) is 0 Å². The van der Waals surface area contributed by atoms with Crippen LogP contribution in [0, 0.1) is 19.8 Å². The summed E-state index contributed by atoms with van der Waals surface area (Å²) in [6.07, 6.45) is 2.04. The first-order valence-electron chi connectivity index (χ1n) is 7.03. The molecule has 1 heterocycles. The number of nitrogens with one attached hydrogen (secondary N) is 1. The second kappa shape index (κ2) is 6.14. The highest BCUT2D eigenvalue weighted by Crippen LogP contribution is 2.27. The molecule has 20 heavy (non-hydrogen) atoms. The van der Waals surface area contributed by atoms with E-state index in [-0.39, 0.29) is 11.7 Å². The van der Waals surface area contributed by atoms with E-state index in [9.17, 15) is 8.42 Å². The van der Waals surface area contributed by atoms with Crippen LogP contribution in [0.15, 0.2) is 17.0 Å². The zero-order valence-electron chi connectivity index (χ0n) is 12.4. The zero-order chi connectivity index (χ0) is 14.8. The molecule has 1 fully saturated rings. The average Bonchev–Trinajstić information content (AvgIpc) is 2.41. The third-order valence-corrected chi connectivity index (χ3v) is 5.90. The SMILES string of the molecule is COc1cc(C)c(S(=O)(=O)CC2CCCNC2)cc1C. The van der Waals surface area contributed by atoms with Gasteiger partial charge in [-0.3, -0.25) is 0 Å². The van der Waals surface area contributed by atoms with E-state index in [1.165, 1.54) is 0 Å². The Morgan fingerprint density at radius 1 is 1.30 bits per heavy atom. The number of sulfone groups is 1. The summed E-state index contributed by atoms with van der Waals surface area (Å²) in [6.45, 7) is 5.50. The highest BCUT2D eigenvalue weighted by Gasteiger charge is 2.25.